The Bertz CT molecular complexity index is 629. The Balaban J connectivity index is 0.00000127. The van der Waals surface area contributed by atoms with E-state index in [0.717, 1.165) is 23.3 Å². The van der Waals surface area contributed by atoms with Crippen LogP contribution in [0.5, 0.6) is 0 Å². The Morgan fingerprint density at radius 2 is 1.78 bits per heavy atom. The minimum atomic E-state index is -4.32. The van der Waals surface area contributed by atoms with E-state index in [0.29, 0.717) is 16.5 Å². The van der Waals surface area contributed by atoms with Crippen LogP contribution in [0.4, 0.5) is 13.2 Å². The van der Waals surface area contributed by atoms with E-state index in [9.17, 15) is 13.2 Å². The summed E-state index contributed by atoms with van der Waals surface area (Å²) < 4.78 is 40.8. The topological polar surface area (TPSA) is 12.0 Å². The Kier molecular flexibility index (Phi) is 7.95. The number of halogens is 4. The SMILES string of the molecule is CC.Cc1cc(CNSc2cccc(C(F)(F)F)c2)ccc1Cl. The molecule has 1 N–H and O–H groups in total. The second-order valence-electron chi connectivity index (χ2n) is 4.53. The van der Waals surface area contributed by atoms with E-state index >= 15 is 0 Å². The number of hydrogen-bond acceptors (Lipinski definition) is 2. The van der Waals surface area contributed by atoms with Crippen LogP contribution in [0.15, 0.2) is 47.4 Å². The molecule has 0 aliphatic rings. The number of benzene rings is 2. The lowest BCUT2D eigenvalue weighted by molar-refractivity contribution is -0.137. The van der Waals surface area contributed by atoms with Crippen molar-refractivity contribution in [3.63, 3.8) is 0 Å². The van der Waals surface area contributed by atoms with Gasteiger partial charge in [-0.25, -0.2) is 0 Å². The van der Waals surface area contributed by atoms with Crippen LogP contribution in [0.25, 0.3) is 0 Å². The molecule has 126 valence electrons. The normalized spacial score (nSPS) is 10.9. The van der Waals surface area contributed by atoms with Gasteiger partial charge in [-0.05, 0) is 54.3 Å². The second-order valence-corrected chi connectivity index (χ2v) is 5.90. The summed E-state index contributed by atoms with van der Waals surface area (Å²) >= 11 is 7.11. The average Bonchev–Trinajstić information content (AvgIpc) is 2.52. The van der Waals surface area contributed by atoms with Gasteiger partial charge in [0.25, 0.3) is 0 Å². The van der Waals surface area contributed by atoms with Gasteiger partial charge in [-0.3, -0.25) is 4.72 Å². The van der Waals surface area contributed by atoms with Gasteiger partial charge in [0.1, 0.15) is 0 Å². The lowest BCUT2D eigenvalue weighted by atomic mass is 10.1. The molecule has 2 aromatic carbocycles. The average molecular weight is 362 g/mol. The van der Waals surface area contributed by atoms with E-state index in [1.807, 2.05) is 39.0 Å². The standard InChI is InChI=1S/C15H13ClF3NS.C2H6/c1-10-7-11(5-6-14(10)16)9-20-21-13-4-2-3-12(8-13)15(17,18)19;1-2/h2-8,20H,9H2,1H3;1-2H3. The maximum Gasteiger partial charge on any atom is 0.416 e. The Hall–Kier alpha value is -1.17. The third-order valence-electron chi connectivity index (χ3n) is 2.85. The molecule has 0 spiro atoms. The van der Waals surface area contributed by atoms with Crippen LogP contribution < -0.4 is 4.72 Å². The molecule has 0 atom stereocenters. The minimum Gasteiger partial charge on any atom is -0.255 e. The number of rotatable bonds is 4. The molecule has 0 amide bonds. The van der Waals surface area contributed by atoms with E-state index in [1.54, 1.807) is 6.07 Å². The molecule has 0 aliphatic heterocycles. The van der Waals surface area contributed by atoms with Gasteiger partial charge in [-0.2, -0.15) is 13.2 Å². The van der Waals surface area contributed by atoms with Crippen molar-refractivity contribution >= 4 is 23.5 Å². The third kappa shape index (κ3) is 6.45. The van der Waals surface area contributed by atoms with Crippen molar-refractivity contribution in [2.45, 2.75) is 38.4 Å². The fourth-order valence-corrected chi connectivity index (χ4v) is 2.61. The molecule has 6 heteroatoms. The van der Waals surface area contributed by atoms with Gasteiger partial charge in [0.2, 0.25) is 0 Å². The number of nitrogens with one attached hydrogen (secondary N) is 1. The van der Waals surface area contributed by atoms with Crippen molar-refractivity contribution < 1.29 is 13.2 Å². The summed E-state index contributed by atoms with van der Waals surface area (Å²) in [5.74, 6) is 0. The summed E-state index contributed by atoms with van der Waals surface area (Å²) in [5.41, 5.74) is 1.35. The molecule has 1 nitrogen and oxygen atoms in total. The molecular formula is C17H19ClF3NS. The zero-order valence-electron chi connectivity index (χ0n) is 13.2. The summed E-state index contributed by atoms with van der Waals surface area (Å²) in [6, 6.07) is 10.9. The first kappa shape index (κ1) is 19.9. The highest BCUT2D eigenvalue weighted by Crippen LogP contribution is 2.31. The lowest BCUT2D eigenvalue weighted by Gasteiger charge is -2.09. The predicted molar refractivity (Wildman–Crippen MR) is 91.7 cm³/mol. The first-order valence-corrected chi connectivity index (χ1v) is 8.38. The van der Waals surface area contributed by atoms with Gasteiger partial charge in [-0.15, -0.1) is 0 Å². The van der Waals surface area contributed by atoms with Crippen LogP contribution in [-0.4, -0.2) is 0 Å². The smallest absolute Gasteiger partial charge is 0.255 e. The van der Waals surface area contributed by atoms with E-state index in [-0.39, 0.29) is 0 Å². The highest BCUT2D eigenvalue weighted by atomic mass is 35.5. The van der Waals surface area contributed by atoms with Gasteiger partial charge >= 0.3 is 6.18 Å². The highest BCUT2D eigenvalue weighted by molar-refractivity contribution is 7.97. The van der Waals surface area contributed by atoms with Crippen molar-refractivity contribution in [3.8, 4) is 0 Å². The molecule has 23 heavy (non-hydrogen) atoms. The van der Waals surface area contributed by atoms with Gasteiger partial charge in [0.15, 0.2) is 0 Å². The van der Waals surface area contributed by atoms with Gasteiger partial charge in [0, 0.05) is 16.5 Å². The first-order valence-electron chi connectivity index (χ1n) is 7.18. The molecule has 0 heterocycles. The zero-order chi connectivity index (χ0) is 17.5. The number of alkyl halides is 3. The fourth-order valence-electron chi connectivity index (χ4n) is 1.76. The summed E-state index contributed by atoms with van der Waals surface area (Å²) in [6.45, 7) is 6.45. The van der Waals surface area contributed by atoms with Crippen molar-refractivity contribution in [1.82, 2.24) is 4.72 Å². The molecular weight excluding hydrogens is 343 g/mol. The van der Waals surface area contributed by atoms with E-state index < -0.39 is 11.7 Å². The van der Waals surface area contributed by atoms with Crippen LogP contribution in [0.3, 0.4) is 0 Å². The number of aryl methyl sites for hydroxylation is 1. The molecule has 0 saturated heterocycles. The lowest BCUT2D eigenvalue weighted by Crippen LogP contribution is -2.06. The summed E-state index contributed by atoms with van der Waals surface area (Å²) in [7, 11) is 0. The van der Waals surface area contributed by atoms with Crippen LogP contribution in [0.2, 0.25) is 5.02 Å². The van der Waals surface area contributed by atoms with Crippen LogP contribution in [-0.2, 0) is 12.7 Å². The molecule has 2 aromatic rings. The molecule has 0 aliphatic carbocycles. The van der Waals surface area contributed by atoms with Crippen LogP contribution in [0, 0.1) is 6.92 Å². The van der Waals surface area contributed by atoms with E-state index in [2.05, 4.69) is 4.72 Å². The molecule has 2 rings (SSSR count). The fraction of sp³-hybridized carbons (Fsp3) is 0.294. The molecule has 0 unspecified atom stereocenters. The summed E-state index contributed by atoms with van der Waals surface area (Å²) in [5, 5.41) is 0.698. The van der Waals surface area contributed by atoms with Gasteiger partial charge < -0.3 is 0 Å². The van der Waals surface area contributed by atoms with Gasteiger partial charge in [-0.1, -0.05) is 43.6 Å². The third-order valence-corrected chi connectivity index (χ3v) is 4.05. The predicted octanol–water partition coefficient (Wildman–Crippen LogP) is 6.49. The molecule has 0 bridgehead atoms. The maximum atomic E-state index is 12.6. The first-order chi connectivity index (χ1) is 10.9. The Morgan fingerprint density at radius 3 is 2.39 bits per heavy atom. The minimum absolute atomic E-state index is 0.524. The number of hydrogen-bond donors (Lipinski definition) is 1. The highest BCUT2D eigenvalue weighted by Gasteiger charge is 2.30. The summed E-state index contributed by atoms with van der Waals surface area (Å²) in [6.07, 6.45) is -4.32. The second kappa shape index (κ2) is 9.21. The molecule has 0 fully saturated rings. The quantitative estimate of drug-likeness (QED) is 0.624. The van der Waals surface area contributed by atoms with Crippen molar-refractivity contribution in [2.75, 3.05) is 0 Å². The van der Waals surface area contributed by atoms with Crippen LogP contribution >= 0.6 is 23.5 Å². The maximum absolute atomic E-state index is 12.6. The van der Waals surface area contributed by atoms with Gasteiger partial charge in [0.05, 0.1) is 5.56 Å². The Labute approximate surface area is 144 Å². The Morgan fingerprint density at radius 1 is 1.09 bits per heavy atom. The van der Waals surface area contributed by atoms with Crippen molar-refractivity contribution in [1.29, 1.82) is 0 Å². The molecule has 0 radical (unpaired) electrons. The molecule has 0 aromatic heterocycles. The van der Waals surface area contributed by atoms with Crippen molar-refractivity contribution in [2.24, 2.45) is 0 Å². The van der Waals surface area contributed by atoms with Crippen LogP contribution in [0.1, 0.15) is 30.5 Å². The summed E-state index contributed by atoms with van der Waals surface area (Å²) in [4.78, 5) is 0.524. The molecule has 0 saturated carbocycles. The van der Waals surface area contributed by atoms with E-state index in [4.69, 9.17) is 11.6 Å². The van der Waals surface area contributed by atoms with Crippen molar-refractivity contribution in [3.05, 3.63) is 64.2 Å². The van der Waals surface area contributed by atoms with E-state index in [1.165, 1.54) is 18.0 Å². The zero-order valence-corrected chi connectivity index (χ0v) is 14.7. The monoisotopic (exact) mass is 361 g/mol. The largest absolute Gasteiger partial charge is 0.416 e.